The molecule has 0 radical (unpaired) electrons. The normalized spacial score (nSPS) is 15.7. The Labute approximate surface area is 335 Å². The number of aliphatic carboxylic acids is 1. The van der Waals surface area contributed by atoms with Crippen molar-refractivity contribution in [3.63, 3.8) is 0 Å². The van der Waals surface area contributed by atoms with Crippen molar-refractivity contribution in [2.24, 2.45) is 28.7 Å². The summed E-state index contributed by atoms with van der Waals surface area (Å²) < 4.78 is -0.736. The maximum Gasteiger partial charge on any atom is 0.328 e. The Morgan fingerprint density at radius 1 is 0.625 bits per heavy atom. The lowest BCUT2D eigenvalue weighted by Gasteiger charge is -2.30. The predicted molar refractivity (Wildman–Crippen MR) is 211 cm³/mol. The zero-order valence-corrected chi connectivity index (χ0v) is 33.7. The molecule has 20 nitrogen and oxygen atoms in total. The number of carboxylic acids is 1. The summed E-state index contributed by atoms with van der Waals surface area (Å²) in [5.41, 5.74) is 29.2. The SMILES string of the molecule is C[C@@H](O)[C@H](NC(=O)[C@H](CCN)NC(=O)[C@H](CCN)NC(=O)[C@H](CC(C)(C)Br)NC(=O)[C@@H](Cc1ccccc1)NC(=O)[C@H](CCN)NC(=O)[C@@H](N)CCN)C(=O)O. The highest BCUT2D eigenvalue weighted by molar-refractivity contribution is 9.10. The van der Waals surface area contributed by atoms with Crippen LogP contribution in [-0.4, -0.2) is 131 Å². The van der Waals surface area contributed by atoms with Crippen molar-refractivity contribution in [2.75, 3.05) is 26.2 Å². The van der Waals surface area contributed by atoms with Gasteiger partial charge in [-0.25, -0.2) is 4.79 Å². The average molecular weight is 859 g/mol. The molecule has 0 aromatic heterocycles. The quantitative estimate of drug-likeness (QED) is 0.0394. The Bertz CT molecular complexity index is 1450. The fraction of sp³-hybridized carbons (Fsp3) is 0.629. The van der Waals surface area contributed by atoms with Crippen LogP contribution in [0.2, 0.25) is 0 Å². The van der Waals surface area contributed by atoms with Gasteiger partial charge >= 0.3 is 5.97 Å². The molecule has 1 aromatic rings. The molecule has 0 spiro atoms. The summed E-state index contributed by atoms with van der Waals surface area (Å²) in [6, 6.07) is -0.268. The fourth-order valence-corrected chi connectivity index (χ4v) is 5.71. The van der Waals surface area contributed by atoms with Gasteiger partial charge in [-0.15, -0.1) is 0 Å². The second-order valence-corrected chi connectivity index (χ2v) is 16.0. The number of aliphatic hydroxyl groups is 1. The van der Waals surface area contributed by atoms with Crippen molar-refractivity contribution < 1.29 is 43.8 Å². The van der Waals surface area contributed by atoms with Gasteiger partial charge in [0, 0.05) is 10.7 Å². The number of hydrogen-bond acceptors (Lipinski definition) is 13. The molecule has 18 N–H and O–H groups in total. The van der Waals surface area contributed by atoms with Crippen molar-refractivity contribution in [3.8, 4) is 0 Å². The Balaban J connectivity index is 3.38. The van der Waals surface area contributed by atoms with Crippen molar-refractivity contribution in [1.82, 2.24) is 31.9 Å². The molecule has 6 amide bonds. The number of carbonyl (C=O) groups excluding carboxylic acids is 6. The molecule has 0 aliphatic carbocycles. The third kappa shape index (κ3) is 18.1. The largest absolute Gasteiger partial charge is 0.480 e. The second-order valence-electron chi connectivity index (χ2n) is 13.9. The van der Waals surface area contributed by atoms with E-state index < -0.39 is 94.1 Å². The summed E-state index contributed by atoms with van der Waals surface area (Å²) in [5, 5.41) is 34.3. The van der Waals surface area contributed by atoms with Crippen LogP contribution in [0.4, 0.5) is 0 Å². The van der Waals surface area contributed by atoms with E-state index in [1.165, 1.54) is 6.92 Å². The number of nitrogens with one attached hydrogen (secondary N) is 6. The summed E-state index contributed by atoms with van der Waals surface area (Å²) in [5.74, 6) is -6.19. The highest BCUT2D eigenvalue weighted by Crippen LogP contribution is 2.23. The molecule has 0 saturated heterocycles. The minimum atomic E-state index is -1.67. The summed E-state index contributed by atoms with van der Waals surface area (Å²) in [6.07, 6.45) is -1.51. The first-order valence-corrected chi connectivity index (χ1v) is 19.1. The third-order valence-corrected chi connectivity index (χ3v) is 8.69. The fourth-order valence-electron chi connectivity index (χ4n) is 5.38. The van der Waals surface area contributed by atoms with E-state index in [-0.39, 0.29) is 64.7 Å². The van der Waals surface area contributed by atoms with E-state index in [4.69, 9.17) is 28.7 Å². The summed E-state index contributed by atoms with van der Waals surface area (Å²) in [4.78, 5) is 92.1. The number of carbonyl (C=O) groups is 7. The van der Waals surface area contributed by atoms with Gasteiger partial charge in [0.25, 0.3) is 0 Å². The van der Waals surface area contributed by atoms with Crippen LogP contribution in [0.25, 0.3) is 0 Å². The first-order chi connectivity index (χ1) is 26.3. The van der Waals surface area contributed by atoms with Gasteiger partial charge in [-0.3, -0.25) is 28.8 Å². The van der Waals surface area contributed by atoms with Crippen LogP contribution in [0.15, 0.2) is 30.3 Å². The van der Waals surface area contributed by atoms with Crippen LogP contribution in [0, 0.1) is 0 Å². The first kappa shape index (κ1) is 49.8. The van der Waals surface area contributed by atoms with Gasteiger partial charge in [0.1, 0.15) is 30.2 Å². The summed E-state index contributed by atoms with van der Waals surface area (Å²) in [7, 11) is 0. The number of benzene rings is 1. The Kier molecular flexibility index (Phi) is 22.3. The van der Waals surface area contributed by atoms with Gasteiger partial charge in [0.05, 0.1) is 12.1 Å². The van der Waals surface area contributed by atoms with Crippen LogP contribution in [0.1, 0.15) is 58.4 Å². The summed E-state index contributed by atoms with van der Waals surface area (Å²) in [6.45, 7) is 4.65. The maximum atomic E-state index is 14.0. The number of rotatable bonds is 26. The molecular weight excluding hydrogens is 798 g/mol. The van der Waals surface area contributed by atoms with Crippen LogP contribution in [-0.2, 0) is 40.0 Å². The highest BCUT2D eigenvalue weighted by Gasteiger charge is 2.35. The molecule has 0 heterocycles. The zero-order valence-electron chi connectivity index (χ0n) is 32.1. The smallest absolute Gasteiger partial charge is 0.328 e. The number of aliphatic hydroxyl groups excluding tert-OH is 1. The van der Waals surface area contributed by atoms with E-state index in [1.807, 2.05) is 0 Å². The second kappa shape index (κ2) is 25.1. The molecule has 0 fully saturated rings. The lowest BCUT2D eigenvalue weighted by atomic mass is 10.00. The van der Waals surface area contributed by atoms with Crippen molar-refractivity contribution >= 4 is 57.3 Å². The van der Waals surface area contributed by atoms with E-state index in [0.717, 1.165) is 0 Å². The van der Waals surface area contributed by atoms with Crippen molar-refractivity contribution in [3.05, 3.63) is 35.9 Å². The molecule has 0 saturated carbocycles. The number of amides is 6. The first-order valence-electron chi connectivity index (χ1n) is 18.3. The minimum Gasteiger partial charge on any atom is -0.480 e. The number of carboxylic acid groups (broad SMARTS) is 1. The molecule has 0 aliphatic rings. The van der Waals surface area contributed by atoms with Gasteiger partial charge < -0.3 is 70.8 Å². The number of hydrogen-bond donors (Lipinski definition) is 13. The van der Waals surface area contributed by atoms with E-state index in [2.05, 4.69) is 47.8 Å². The maximum absolute atomic E-state index is 14.0. The van der Waals surface area contributed by atoms with E-state index >= 15 is 0 Å². The van der Waals surface area contributed by atoms with Crippen LogP contribution in [0.5, 0.6) is 0 Å². The van der Waals surface area contributed by atoms with Gasteiger partial charge in [0.2, 0.25) is 35.4 Å². The van der Waals surface area contributed by atoms with Gasteiger partial charge in [-0.05, 0) is 84.6 Å². The molecule has 0 unspecified atom stereocenters. The number of nitrogens with two attached hydrogens (primary N) is 5. The molecule has 316 valence electrons. The molecule has 1 aromatic carbocycles. The molecule has 0 aliphatic heterocycles. The predicted octanol–water partition coefficient (Wildman–Crippen LogP) is -4.11. The van der Waals surface area contributed by atoms with E-state index in [9.17, 15) is 43.8 Å². The molecule has 56 heavy (non-hydrogen) atoms. The topological polar surface area (TPSA) is 362 Å². The molecule has 0 bridgehead atoms. The lowest BCUT2D eigenvalue weighted by molar-refractivity contribution is -0.145. The Hall–Kier alpha value is -4.25. The molecular formula is C35H60BrN11O9. The standard InChI is InChI=1S/C35H60BrN11O9/c1-19(48)27(34(55)56)47-31(52)24(12-16-40)43-29(50)23(11-15-39)44-33(54)26(18-35(2,3)36)46-32(53)25(17-20-7-5-4-6-8-20)45-30(51)22(10-14-38)42-28(49)21(41)9-13-37/h4-8,19,21-27,48H,9-18,37-41H2,1-3H3,(H,42,49)(H,43,50)(H,44,54)(H,45,51)(H,46,53)(H,47,52)(H,55,56)/t19-,21+,22+,23+,24+,25-,26+,27+/m1/s1. The van der Waals surface area contributed by atoms with E-state index in [1.54, 1.807) is 44.2 Å². The van der Waals surface area contributed by atoms with Gasteiger partial charge in [-0.1, -0.05) is 46.3 Å². The molecule has 21 heteroatoms. The number of halogens is 1. The average Bonchev–Trinajstić information content (AvgIpc) is 3.12. The molecule has 1 rings (SSSR count). The monoisotopic (exact) mass is 857 g/mol. The Morgan fingerprint density at radius 2 is 1.00 bits per heavy atom. The van der Waals surface area contributed by atoms with Crippen LogP contribution < -0.4 is 60.6 Å². The van der Waals surface area contributed by atoms with Gasteiger partial charge in [0.15, 0.2) is 6.04 Å². The van der Waals surface area contributed by atoms with Gasteiger partial charge in [-0.2, -0.15) is 0 Å². The van der Waals surface area contributed by atoms with Crippen LogP contribution in [0.3, 0.4) is 0 Å². The molecule has 8 atom stereocenters. The lowest BCUT2D eigenvalue weighted by Crippen LogP contribution is -2.61. The Morgan fingerprint density at radius 3 is 1.41 bits per heavy atom. The van der Waals surface area contributed by atoms with Crippen LogP contribution >= 0.6 is 15.9 Å². The highest BCUT2D eigenvalue weighted by atomic mass is 79.9. The zero-order chi connectivity index (χ0) is 42.6. The van der Waals surface area contributed by atoms with E-state index in [0.29, 0.717) is 5.56 Å². The third-order valence-electron chi connectivity index (χ3n) is 8.36. The van der Waals surface area contributed by atoms with Crippen molar-refractivity contribution in [2.45, 2.75) is 112 Å². The minimum absolute atomic E-state index is 0.00739. The van der Waals surface area contributed by atoms with Crippen molar-refractivity contribution in [1.29, 1.82) is 0 Å². The number of alkyl halides is 1. The summed E-state index contributed by atoms with van der Waals surface area (Å²) >= 11 is 3.50.